The number of nitrogens with two attached hydrogens (primary N) is 1. The quantitative estimate of drug-likeness (QED) is 0.0224. The summed E-state index contributed by atoms with van der Waals surface area (Å²) < 4.78 is 41.4. The van der Waals surface area contributed by atoms with Crippen LogP contribution >= 0.6 is 14.7 Å². The summed E-state index contributed by atoms with van der Waals surface area (Å²) in [7, 11) is -7.18. The molecule has 0 fully saturated rings. The Kier molecular flexibility index (Phi) is 25.0. The highest BCUT2D eigenvalue weighted by Gasteiger charge is 2.36. The lowest BCUT2D eigenvalue weighted by molar-refractivity contribution is -0.134. The maximum atomic E-state index is 14.6. The second kappa shape index (κ2) is 30.2. The minimum atomic E-state index is -3.61. The van der Waals surface area contributed by atoms with Crippen molar-refractivity contribution >= 4 is 59.6 Å². The molecule has 0 heterocycles. The largest absolute Gasteiger partial charge is 0.356 e. The third-order valence-electron chi connectivity index (χ3n) is 12.2. The van der Waals surface area contributed by atoms with E-state index in [-0.39, 0.29) is 19.6 Å². The first kappa shape index (κ1) is 58.7. The lowest BCUT2D eigenvalue weighted by Gasteiger charge is -2.31. The Morgan fingerprint density at radius 1 is 0.493 bits per heavy atom. The predicted molar refractivity (Wildman–Crippen MR) is 288 cm³/mol. The highest BCUT2D eigenvalue weighted by molar-refractivity contribution is 7.74. The molecule has 0 aliphatic rings. The lowest BCUT2D eigenvalue weighted by Crippen LogP contribution is -2.57. The molecule has 0 unspecified atom stereocenters. The van der Waals surface area contributed by atoms with E-state index in [1.807, 2.05) is 24.3 Å². The van der Waals surface area contributed by atoms with Crippen LogP contribution in [0.2, 0.25) is 0 Å². The molecular weight excluding hydrogens is 933 g/mol. The van der Waals surface area contributed by atoms with Crippen LogP contribution in [0.25, 0.3) is 0 Å². The van der Waals surface area contributed by atoms with E-state index in [0.29, 0.717) is 27.8 Å². The van der Waals surface area contributed by atoms with E-state index in [1.54, 1.807) is 125 Å². The zero-order chi connectivity index (χ0) is 51.6. The summed E-state index contributed by atoms with van der Waals surface area (Å²) in [6.07, 6.45) is 16.1. The molecule has 0 aliphatic heterocycles. The Hall–Kier alpha value is -4.90. The average Bonchev–Trinajstić information content (AvgIpc) is 3.36. The van der Waals surface area contributed by atoms with Crippen molar-refractivity contribution in [1.29, 1.82) is 0 Å². The Morgan fingerprint density at radius 3 is 1.20 bits per heavy atom. The van der Waals surface area contributed by atoms with E-state index in [1.165, 1.54) is 64.2 Å². The first-order chi connectivity index (χ1) is 34.0. The van der Waals surface area contributed by atoms with E-state index < -0.39 is 67.9 Å². The Labute approximate surface area is 423 Å². The minimum absolute atomic E-state index is 0.152. The fourth-order valence-corrected chi connectivity index (χ4v) is 12.5. The van der Waals surface area contributed by atoms with Crippen molar-refractivity contribution in [3.63, 3.8) is 0 Å². The third kappa shape index (κ3) is 20.6. The first-order valence-corrected chi connectivity index (χ1v) is 28.9. The summed E-state index contributed by atoms with van der Waals surface area (Å²) in [4.78, 5) is 54.6. The molecular formula is C56H81N5O8P2. The van der Waals surface area contributed by atoms with Crippen molar-refractivity contribution in [3.8, 4) is 0 Å². The van der Waals surface area contributed by atoms with Gasteiger partial charge in [0.2, 0.25) is 23.6 Å². The minimum Gasteiger partial charge on any atom is -0.356 e. The van der Waals surface area contributed by atoms with Crippen LogP contribution in [-0.2, 0) is 37.4 Å². The molecule has 4 aromatic carbocycles. The Morgan fingerprint density at radius 2 is 0.831 bits per heavy atom. The molecule has 0 aromatic heterocycles. The van der Waals surface area contributed by atoms with Crippen LogP contribution in [0.3, 0.4) is 0 Å². The van der Waals surface area contributed by atoms with Crippen LogP contribution in [0.15, 0.2) is 121 Å². The van der Waals surface area contributed by atoms with Crippen molar-refractivity contribution < 1.29 is 37.4 Å². The summed E-state index contributed by atoms with van der Waals surface area (Å²) >= 11 is 0. The highest BCUT2D eigenvalue weighted by Crippen LogP contribution is 2.46. The number of benzene rings is 4. The van der Waals surface area contributed by atoms with E-state index in [4.69, 9.17) is 14.8 Å². The molecule has 4 amide bonds. The van der Waals surface area contributed by atoms with Crippen molar-refractivity contribution in [2.45, 2.75) is 161 Å². The van der Waals surface area contributed by atoms with Crippen molar-refractivity contribution in [2.24, 2.45) is 5.73 Å². The zero-order valence-corrected chi connectivity index (χ0v) is 44.7. The van der Waals surface area contributed by atoms with Gasteiger partial charge >= 0.3 is 0 Å². The number of unbranched alkanes of at least 4 members (excludes halogenated alkanes) is 13. The van der Waals surface area contributed by atoms with Gasteiger partial charge in [0.1, 0.15) is 6.04 Å². The number of rotatable bonds is 34. The number of hydrogen-bond acceptors (Lipinski definition) is 9. The van der Waals surface area contributed by atoms with Crippen molar-refractivity contribution in [3.05, 3.63) is 121 Å². The van der Waals surface area contributed by atoms with Crippen molar-refractivity contribution in [1.82, 2.24) is 21.3 Å². The SMILES string of the molecule is CCCCCCCCCCCCCCCCNC(=O)C[C@H](NC(=O)C[C@H](N)C(=O)NC(C)(C)COP(=O)(c1ccccc1)c1ccccc1)C(=O)NC(C)(C)COP(=O)(c1ccccc1)c1ccccc1. The van der Waals surface area contributed by atoms with Gasteiger partial charge in [0.15, 0.2) is 0 Å². The number of amides is 4. The normalized spacial score (nSPS) is 12.9. The van der Waals surface area contributed by atoms with Gasteiger partial charge in [-0.05, 0) is 82.6 Å². The number of carbonyl (C=O) groups is 4. The predicted octanol–water partition coefficient (Wildman–Crippen LogP) is 8.86. The van der Waals surface area contributed by atoms with Crippen LogP contribution < -0.4 is 48.2 Å². The molecule has 0 saturated carbocycles. The van der Waals surface area contributed by atoms with Gasteiger partial charge in [-0.15, -0.1) is 0 Å². The molecule has 0 radical (unpaired) electrons. The second-order valence-electron chi connectivity index (χ2n) is 19.8. The molecule has 4 aromatic rings. The van der Waals surface area contributed by atoms with Gasteiger partial charge in [-0.2, -0.15) is 0 Å². The Balaban J connectivity index is 1.35. The van der Waals surface area contributed by atoms with Gasteiger partial charge in [0.05, 0.1) is 43.2 Å². The molecule has 71 heavy (non-hydrogen) atoms. The fourth-order valence-electron chi connectivity index (χ4n) is 8.08. The van der Waals surface area contributed by atoms with Gasteiger partial charge in [0.25, 0.3) is 14.7 Å². The van der Waals surface area contributed by atoms with Crippen molar-refractivity contribution in [2.75, 3.05) is 19.8 Å². The summed E-state index contributed by atoms with van der Waals surface area (Å²) in [5.41, 5.74) is 4.10. The lowest BCUT2D eigenvalue weighted by atomic mass is 10.0. The standard InChI is InChI=1S/C56H81N5O8P2/c1-6-7-8-9-10-11-12-13-14-15-16-17-18-31-40-58-51(62)42-50(54(65)61-56(4,5)44-69-71(67,47-36-27-21-28-37-47)48-38-29-22-30-39-48)59-52(63)41-49(57)53(64)60-55(2,3)43-68-70(66,45-32-23-19-24-33-45)46-34-25-20-26-35-46/h19-30,32-39,49-50H,6-18,31,40-44,57H2,1-5H3,(H,58,62)(H,59,63)(H,60,64)(H,61,65)/t49-,50-/m0/s1. The summed E-state index contributed by atoms with van der Waals surface area (Å²) in [6.45, 7) is 9.12. The van der Waals surface area contributed by atoms with E-state index >= 15 is 0 Å². The van der Waals surface area contributed by atoms with Gasteiger partial charge < -0.3 is 36.0 Å². The zero-order valence-electron chi connectivity index (χ0n) is 42.9. The maximum Gasteiger partial charge on any atom is 0.261 e. The third-order valence-corrected chi connectivity index (χ3v) is 17.1. The van der Waals surface area contributed by atoms with Crippen LogP contribution in [0.5, 0.6) is 0 Å². The molecule has 6 N–H and O–H groups in total. The van der Waals surface area contributed by atoms with E-state index in [0.717, 1.165) is 25.7 Å². The molecule has 0 spiro atoms. The molecule has 388 valence electrons. The molecule has 15 heteroatoms. The van der Waals surface area contributed by atoms with Gasteiger partial charge in [0, 0.05) is 27.8 Å². The van der Waals surface area contributed by atoms with E-state index in [9.17, 15) is 28.3 Å². The van der Waals surface area contributed by atoms with Crippen LogP contribution in [0, 0.1) is 0 Å². The molecule has 2 atom stereocenters. The average molecular weight is 1010 g/mol. The molecule has 0 bridgehead atoms. The number of hydrogen-bond donors (Lipinski definition) is 5. The molecule has 0 saturated heterocycles. The van der Waals surface area contributed by atoms with Crippen LogP contribution in [-0.4, -0.2) is 66.5 Å². The Bertz CT molecular complexity index is 2210. The van der Waals surface area contributed by atoms with Gasteiger partial charge in [-0.25, -0.2) is 0 Å². The highest BCUT2D eigenvalue weighted by atomic mass is 31.2. The van der Waals surface area contributed by atoms with Crippen LogP contribution in [0.4, 0.5) is 0 Å². The topological polar surface area (TPSA) is 195 Å². The smallest absolute Gasteiger partial charge is 0.261 e. The number of carbonyl (C=O) groups excluding carboxylic acids is 4. The van der Waals surface area contributed by atoms with E-state index in [2.05, 4.69) is 28.2 Å². The summed E-state index contributed by atoms with van der Waals surface area (Å²) in [6, 6.07) is 32.7. The summed E-state index contributed by atoms with van der Waals surface area (Å²) in [5.74, 6) is -2.51. The monoisotopic (exact) mass is 1010 g/mol. The van der Waals surface area contributed by atoms with Gasteiger partial charge in [-0.3, -0.25) is 28.3 Å². The van der Waals surface area contributed by atoms with Crippen LogP contribution in [0.1, 0.15) is 137 Å². The molecule has 0 aliphatic carbocycles. The molecule has 4 rings (SSSR count). The first-order valence-electron chi connectivity index (χ1n) is 25.7. The summed E-state index contributed by atoms with van der Waals surface area (Å²) in [5, 5.41) is 13.2. The second-order valence-corrected chi connectivity index (χ2v) is 24.6. The molecule has 13 nitrogen and oxygen atoms in total. The maximum absolute atomic E-state index is 14.6. The fraction of sp³-hybridized carbons (Fsp3) is 0.500. The van der Waals surface area contributed by atoms with Gasteiger partial charge in [-0.1, -0.05) is 163 Å². The number of nitrogens with one attached hydrogen (secondary N) is 4.